The molecule has 0 fully saturated rings. The summed E-state index contributed by atoms with van der Waals surface area (Å²) in [5, 5.41) is 6.69. The van der Waals surface area contributed by atoms with E-state index in [1.165, 1.54) is 6.42 Å². The Labute approximate surface area is 122 Å². The molecule has 2 unspecified atom stereocenters. The smallest absolute Gasteiger partial charge is 0.204 e. The van der Waals surface area contributed by atoms with Gasteiger partial charge in [0.1, 0.15) is 6.33 Å². The standard InChI is InChI=1S/C15H28N4O/c1-6-8-16-14-13(20-5)15(18-10-17-14)19-12(4)9-11(3)7-2/h10-12H,6-9H2,1-5H3,(H2,16,17,18,19). The van der Waals surface area contributed by atoms with Gasteiger partial charge in [-0.1, -0.05) is 27.2 Å². The van der Waals surface area contributed by atoms with Crippen molar-refractivity contribution in [1.29, 1.82) is 0 Å². The highest BCUT2D eigenvalue weighted by Gasteiger charge is 2.14. The Hall–Kier alpha value is -1.52. The Kier molecular flexibility index (Phi) is 7.12. The van der Waals surface area contributed by atoms with Crippen molar-refractivity contribution < 1.29 is 4.74 Å². The molecule has 1 heterocycles. The molecule has 1 aromatic heterocycles. The molecule has 2 N–H and O–H groups in total. The van der Waals surface area contributed by atoms with Gasteiger partial charge in [0.05, 0.1) is 7.11 Å². The van der Waals surface area contributed by atoms with Crippen LogP contribution in [0.15, 0.2) is 6.33 Å². The topological polar surface area (TPSA) is 59.1 Å². The third-order valence-electron chi connectivity index (χ3n) is 3.39. The van der Waals surface area contributed by atoms with Crippen molar-refractivity contribution in [3.8, 4) is 5.75 Å². The van der Waals surface area contributed by atoms with E-state index in [1.807, 2.05) is 0 Å². The molecule has 1 aromatic rings. The highest BCUT2D eigenvalue weighted by atomic mass is 16.5. The van der Waals surface area contributed by atoms with Gasteiger partial charge in [0, 0.05) is 12.6 Å². The molecule has 0 saturated carbocycles. The first-order valence-corrected chi connectivity index (χ1v) is 7.51. The van der Waals surface area contributed by atoms with E-state index in [1.54, 1.807) is 13.4 Å². The lowest BCUT2D eigenvalue weighted by atomic mass is 10.0. The minimum Gasteiger partial charge on any atom is -0.490 e. The summed E-state index contributed by atoms with van der Waals surface area (Å²) in [6.45, 7) is 9.65. The average Bonchev–Trinajstić information content (AvgIpc) is 2.44. The van der Waals surface area contributed by atoms with Crippen molar-refractivity contribution in [1.82, 2.24) is 9.97 Å². The van der Waals surface area contributed by atoms with E-state index in [0.29, 0.717) is 17.7 Å². The van der Waals surface area contributed by atoms with Crippen molar-refractivity contribution >= 4 is 11.6 Å². The normalized spacial score (nSPS) is 13.7. The Morgan fingerprint density at radius 2 is 1.90 bits per heavy atom. The van der Waals surface area contributed by atoms with Crippen LogP contribution in [0.4, 0.5) is 11.6 Å². The molecule has 0 aliphatic carbocycles. The lowest BCUT2D eigenvalue weighted by Gasteiger charge is -2.20. The molecule has 0 amide bonds. The van der Waals surface area contributed by atoms with E-state index in [0.717, 1.165) is 31.0 Å². The summed E-state index contributed by atoms with van der Waals surface area (Å²) >= 11 is 0. The van der Waals surface area contributed by atoms with E-state index < -0.39 is 0 Å². The molecule has 0 saturated heterocycles. The summed E-state index contributed by atoms with van der Waals surface area (Å²) in [5.74, 6) is 2.90. The molecular formula is C15H28N4O. The third-order valence-corrected chi connectivity index (χ3v) is 3.39. The van der Waals surface area contributed by atoms with Crippen LogP contribution in [-0.4, -0.2) is 29.7 Å². The zero-order valence-electron chi connectivity index (χ0n) is 13.4. The highest BCUT2D eigenvalue weighted by molar-refractivity contribution is 5.63. The van der Waals surface area contributed by atoms with Gasteiger partial charge in [-0.25, -0.2) is 9.97 Å². The average molecular weight is 280 g/mol. The van der Waals surface area contributed by atoms with Crippen molar-refractivity contribution in [2.75, 3.05) is 24.3 Å². The van der Waals surface area contributed by atoms with E-state index in [2.05, 4.69) is 48.3 Å². The number of methoxy groups -OCH3 is 1. The summed E-state index contributed by atoms with van der Waals surface area (Å²) in [4.78, 5) is 8.55. The zero-order chi connectivity index (χ0) is 15.0. The maximum Gasteiger partial charge on any atom is 0.204 e. The number of nitrogens with zero attached hydrogens (tertiary/aromatic N) is 2. The minimum atomic E-state index is 0.354. The molecule has 0 spiro atoms. The first-order chi connectivity index (χ1) is 9.62. The van der Waals surface area contributed by atoms with Crippen LogP contribution in [0.1, 0.15) is 47.0 Å². The van der Waals surface area contributed by atoms with Gasteiger partial charge in [-0.05, 0) is 25.7 Å². The van der Waals surface area contributed by atoms with Crippen LogP contribution in [0.3, 0.4) is 0 Å². The van der Waals surface area contributed by atoms with Gasteiger partial charge in [-0.3, -0.25) is 0 Å². The number of nitrogens with one attached hydrogen (secondary N) is 2. The van der Waals surface area contributed by atoms with Crippen LogP contribution in [0, 0.1) is 5.92 Å². The lowest BCUT2D eigenvalue weighted by Crippen LogP contribution is -2.20. The Bertz CT molecular complexity index is 397. The van der Waals surface area contributed by atoms with E-state index in [4.69, 9.17) is 4.74 Å². The largest absolute Gasteiger partial charge is 0.490 e. The molecule has 5 nitrogen and oxygen atoms in total. The predicted molar refractivity (Wildman–Crippen MR) is 84.5 cm³/mol. The lowest BCUT2D eigenvalue weighted by molar-refractivity contribution is 0.412. The number of hydrogen-bond donors (Lipinski definition) is 2. The van der Waals surface area contributed by atoms with E-state index in [9.17, 15) is 0 Å². The molecule has 0 aliphatic heterocycles. The van der Waals surface area contributed by atoms with Crippen LogP contribution in [-0.2, 0) is 0 Å². The van der Waals surface area contributed by atoms with Gasteiger partial charge < -0.3 is 15.4 Å². The third kappa shape index (κ3) is 4.87. The van der Waals surface area contributed by atoms with Gasteiger partial charge in [-0.15, -0.1) is 0 Å². The van der Waals surface area contributed by atoms with Gasteiger partial charge in [-0.2, -0.15) is 0 Å². The van der Waals surface area contributed by atoms with Crippen LogP contribution < -0.4 is 15.4 Å². The van der Waals surface area contributed by atoms with Crippen LogP contribution >= 0.6 is 0 Å². The summed E-state index contributed by atoms with van der Waals surface area (Å²) in [5.41, 5.74) is 0. The number of aromatic nitrogens is 2. The molecule has 0 aromatic carbocycles. The number of hydrogen-bond acceptors (Lipinski definition) is 5. The fraction of sp³-hybridized carbons (Fsp3) is 0.733. The number of rotatable bonds is 9. The summed E-state index contributed by atoms with van der Waals surface area (Å²) in [6.07, 6.45) is 4.91. The summed E-state index contributed by atoms with van der Waals surface area (Å²) in [6, 6.07) is 0.354. The molecule has 0 bridgehead atoms. The van der Waals surface area contributed by atoms with Crippen LogP contribution in [0.2, 0.25) is 0 Å². The summed E-state index contributed by atoms with van der Waals surface area (Å²) in [7, 11) is 1.65. The highest BCUT2D eigenvalue weighted by Crippen LogP contribution is 2.29. The SMILES string of the molecule is CCCNc1ncnc(NC(C)CC(C)CC)c1OC. The van der Waals surface area contributed by atoms with Gasteiger partial charge in [0.15, 0.2) is 11.6 Å². The summed E-state index contributed by atoms with van der Waals surface area (Å²) < 4.78 is 5.46. The van der Waals surface area contributed by atoms with Gasteiger partial charge in [0.2, 0.25) is 5.75 Å². The molecule has 5 heteroatoms. The maximum absolute atomic E-state index is 5.46. The molecule has 20 heavy (non-hydrogen) atoms. The first-order valence-electron chi connectivity index (χ1n) is 7.51. The Morgan fingerprint density at radius 3 is 2.50 bits per heavy atom. The zero-order valence-corrected chi connectivity index (χ0v) is 13.4. The fourth-order valence-corrected chi connectivity index (χ4v) is 2.10. The fourth-order valence-electron chi connectivity index (χ4n) is 2.10. The quantitative estimate of drug-likeness (QED) is 0.724. The molecular weight excluding hydrogens is 252 g/mol. The van der Waals surface area contributed by atoms with Crippen molar-refractivity contribution in [3.63, 3.8) is 0 Å². The minimum absolute atomic E-state index is 0.354. The van der Waals surface area contributed by atoms with Crippen LogP contribution in [0.25, 0.3) is 0 Å². The predicted octanol–water partition coefficient (Wildman–Crippen LogP) is 3.54. The molecule has 114 valence electrons. The van der Waals surface area contributed by atoms with Crippen molar-refractivity contribution in [2.45, 2.75) is 53.0 Å². The molecule has 2 atom stereocenters. The Morgan fingerprint density at radius 1 is 1.20 bits per heavy atom. The second-order valence-corrected chi connectivity index (χ2v) is 5.33. The number of anilines is 2. The number of ether oxygens (including phenoxy) is 1. The van der Waals surface area contributed by atoms with E-state index >= 15 is 0 Å². The van der Waals surface area contributed by atoms with Crippen LogP contribution in [0.5, 0.6) is 5.75 Å². The van der Waals surface area contributed by atoms with Gasteiger partial charge in [0.25, 0.3) is 0 Å². The Balaban J connectivity index is 2.78. The first kappa shape index (κ1) is 16.5. The maximum atomic E-state index is 5.46. The molecule has 1 rings (SSSR count). The second kappa shape index (κ2) is 8.61. The molecule has 0 radical (unpaired) electrons. The second-order valence-electron chi connectivity index (χ2n) is 5.33. The van der Waals surface area contributed by atoms with Gasteiger partial charge >= 0.3 is 0 Å². The van der Waals surface area contributed by atoms with Crippen molar-refractivity contribution in [3.05, 3.63) is 6.33 Å². The van der Waals surface area contributed by atoms with Crippen molar-refractivity contribution in [2.24, 2.45) is 5.92 Å². The van der Waals surface area contributed by atoms with E-state index in [-0.39, 0.29) is 0 Å². The molecule has 0 aliphatic rings. The monoisotopic (exact) mass is 280 g/mol.